The molecule has 1 aromatic carbocycles. The van der Waals surface area contributed by atoms with Crippen LogP contribution in [-0.4, -0.2) is 46.5 Å². The summed E-state index contributed by atoms with van der Waals surface area (Å²) >= 11 is 0. The number of alkyl halides is 3. The van der Waals surface area contributed by atoms with E-state index in [4.69, 9.17) is 4.74 Å². The topological polar surface area (TPSA) is 128 Å². The van der Waals surface area contributed by atoms with Gasteiger partial charge in [0.05, 0.1) is 16.2 Å². The monoisotopic (exact) mass is 427 g/mol. The third-order valence-electron chi connectivity index (χ3n) is 3.71. The van der Waals surface area contributed by atoms with Crippen LogP contribution in [-0.2, 0) is 20.5 Å². The Kier molecular flexibility index (Phi) is 6.87. The van der Waals surface area contributed by atoms with E-state index in [1.165, 1.54) is 31.3 Å². The van der Waals surface area contributed by atoms with Crippen LogP contribution in [0.5, 0.6) is 0 Å². The number of anilines is 2. The highest BCUT2D eigenvalue weighted by Crippen LogP contribution is 2.37. The molecule has 2 rings (SSSR count). The summed E-state index contributed by atoms with van der Waals surface area (Å²) in [5.41, 5.74) is -2.88. The van der Waals surface area contributed by atoms with Crippen molar-refractivity contribution in [1.29, 1.82) is 0 Å². The first kappa shape index (κ1) is 22.5. The number of halogens is 3. The van der Waals surface area contributed by atoms with Crippen molar-refractivity contribution in [3.05, 3.63) is 52.3 Å². The molecule has 1 heterocycles. The Labute approximate surface area is 167 Å². The lowest BCUT2D eigenvalue weighted by atomic mass is 10.1. The molecule has 10 nitrogen and oxygen atoms in total. The fourth-order valence-electron chi connectivity index (χ4n) is 2.26. The highest BCUT2D eigenvalue weighted by Gasteiger charge is 2.36. The Morgan fingerprint density at radius 2 is 1.93 bits per heavy atom. The summed E-state index contributed by atoms with van der Waals surface area (Å²) in [6.45, 7) is 0.859. The summed E-state index contributed by atoms with van der Waals surface area (Å²) in [7, 11) is 1.51. The van der Waals surface area contributed by atoms with Gasteiger partial charge in [0, 0.05) is 31.6 Å². The quantitative estimate of drug-likeness (QED) is 0.405. The molecular weight excluding hydrogens is 411 g/mol. The van der Waals surface area contributed by atoms with Crippen LogP contribution in [0.4, 0.5) is 30.5 Å². The minimum absolute atomic E-state index is 0.229. The van der Waals surface area contributed by atoms with Gasteiger partial charge in [-0.05, 0) is 19.1 Å². The molecule has 0 radical (unpaired) electrons. The number of carbonyl (C=O) groups excluding carboxylic acids is 2. The van der Waals surface area contributed by atoms with Gasteiger partial charge < -0.3 is 15.0 Å². The van der Waals surface area contributed by atoms with Gasteiger partial charge in [-0.15, -0.1) is 0 Å². The number of rotatable bonds is 7. The molecule has 0 aliphatic heterocycles. The Balaban J connectivity index is 2.05. The fraction of sp³-hybridized carbons (Fsp3) is 0.294. The van der Waals surface area contributed by atoms with E-state index in [1.54, 1.807) is 6.07 Å². The van der Waals surface area contributed by atoms with E-state index in [0.717, 1.165) is 12.1 Å². The van der Waals surface area contributed by atoms with Crippen LogP contribution in [0.15, 0.2) is 36.7 Å². The molecule has 1 N–H and O–H groups in total. The number of nitro benzene ring substituents is 1. The summed E-state index contributed by atoms with van der Waals surface area (Å²) in [6, 6.07) is 3.46. The molecule has 1 aromatic heterocycles. The van der Waals surface area contributed by atoms with Gasteiger partial charge in [0.1, 0.15) is 6.54 Å². The van der Waals surface area contributed by atoms with Crippen LogP contribution in [0.2, 0.25) is 0 Å². The lowest BCUT2D eigenvalue weighted by molar-refractivity contribution is -0.385. The van der Waals surface area contributed by atoms with Gasteiger partial charge in [-0.3, -0.25) is 19.7 Å². The molecule has 0 aliphatic carbocycles. The highest BCUT2D eigenvalue weighted by atomic mass is 19.4. The van der Waals surface area contributed by atoms with Crippen molar-refractivity contribution in [2.75, 3.05) is 23.8 Å². The summed E-state index contributed by atoms with van der Waals surface area (Å²) in [5, 5.41) is 12.7. The van der Waals surface area contributed by atoms with Crippen molar-refractivity contribution >= 4 is 29.2 Å². The lowest BCUT2D eigenvalue weighted by Gasteiger charge is -2.19. The number of nitrogens with zero attached hydrogens (tertiary/aromatic N) is 4. The molecular formula is C17H16F3N5O5. The standard InChI is InChI=1S/C17H16F3N5O5/c1-10(30-14(26)9-24(2)16-21-6-3-7-22-16)15(27)23-13-5-4-11(25(28)29)8-12(13)17(18,19)20/h3-8,10H,9H2,1-2H3,(H,23,27). The van der Waals surface area contributed by atoms with Crippen molar-refractivity contribution in [1.82, 2.24) is 9.97 Å². The van der Waals surface area contributed by atoms with E-state index >= 15 is 0 Å². The highest BCUT2D eigenvalue weighted by molar-refractivity contribution is 5.96. The molecule has 0 fully saturated rings. The molecule has 2 aromatic rings. The second-order valence-electron chi connectivity index (χ2n) is 6.01. The summed E-state index contributed by atoms with van der Waals surface area (Å²) in [6.07, 6.45) is -3.46. The van der Waals surface area contributed by atoms with Crippen LogP contribution in [0.1, 0.15) is 12.5 Å². The second kappa shape index (κ2) is 9.15. The van der Waals surface area contributed by atoms with E-state index in [1.807, 2.05) is 5.32 Å². The number of ether oxygens (including phenoxy) is 1. The Bertz CT molecular complexity index is 939. The maximum atomic E-state index is 13.2. The van der Waals surface area contributed by atoms with Crippen molar-refractivity contribution in [2.45, 2.75) is 19.2 Å². The van der Waals surface area contributed by atoms with Crippen molar-refractivity contribution in [3.8, 4) is 0 Å². The van der Waals surface area contributed by atoms with E-state index in [-0.39, 0.29) is 12.5 Å². The molecule has 1 atom stereocenters. The molecule has 160 valence electrons. The van der Waals surface area contributed by atoms with Gasteiger partial charge >= 0.3 is 12.1 Å². The van der Waals surface area contributed by atoms with Crippen molar-refractivity contribution in [3.63, 3.8) is 0 Å². The first-order valence-corrected chi connectivity index (χ1v) is 8.33. The van der Waals surface area contributed by atoms with Crippen LogP contribution in [0.3, 0.4) is 0 Å². The maximum Gasteiger partial charge on any atom is 0.418 e. The fourth-order valence-corrected chi connectivity index (χ4v) is 2.26. The number of nitrogens with one attached hydrogen (secondary N) is 1. The summed E-state index contributed by atoms with van der Waals surface area (Å²) in [5.74, 6) is -1.65. The number of esters is 1. The molecule has 0 spiro atoms. The molecule has 0 saturated carbocycles. The average Bonchev–Trinajstić information content (AvgIpc) is 2.67. The molecule has 30 heavy (non-hydrogen) atoms. The van der Waals surface area contributed by atoms with Gasteiger partial charge in [-0.25, -0.2) is 9.97 Å². The maximum absolute atomic E-state index is 13.2. The van der Waals surface area contributed by atoms with Crippen LogP contribution in [0, 0.1) is 10.1 Å². The normalized spacial score (nSPS) is 12.0. The van der Waals surface area contributed by atoms with Gasteiger partial charge in [-0.2, -0.15) is 13.2 Å². The number of hydrogen-bond acceptors (Lipinski definition) is 8. The first-order valence-electron chi connectivity index (χ1n) is 8.33. The minimum atomic E-state index is -4.95. The van der Waals surface area contributed by atoms with Gasteiger partial charge in [0.2, 0.25) is 5.95 Å². The van der Waals surface area contributed by atoms with Gasteiger partial charge in [0.25, 0.3) is 11.6 Å². The van der Waals surface area contributed by atoms with Crippen LogP contribution >= 0.6 is 0 Å². The van der Waals surface area contributed by atoms with E-state index in [0.29, 0.717) is 6.07 Å². The predicted octanol–water partition coefficient (Wildman–Crippen LogP) is 2.41. The zero-order chi connectivity index (χ0) is 22.5. The third kappa shape index (κ3) is 5.86. The molecule has 0 aliphatic rings. The summed E-state index contributed by atoms with van der Waals surface area (Å²) < 4.78 is 44.5. The van der Waals surface area contributed by atoms with E-state index in [9.17, 15) is 32.9 Å². The van der Waals surface area contributed by atoms with Crippen LogP contribution < -0.4 is 10.2 Å². The Hall–Kier alpha value is -3.77. The van der Waals surface area contributed by atoms with Crippen molar-refractivity contribution < 1.29 is 32.4 Å². The summed E-state index contributed by atoms with van der Waals surface area (Å²) in [4.78, 5) is 43.1. The SMILES string of the molecule is CC(OC(=O)CN(C)c1ncccn1)C(=O)Nc1ccc([N+](=O)[O-])cc1C(F)(F)F. The minimum Gasteiger partial charge on any atom is -0.451 e. The molecule has 1 amide bonds. The first-order chi connectivity index (χ1) is 14.0. The Morgan fingerprint density at radius 3 is 2.50 bits per heavy atom. The van der Waals surface area contributed by atoms with Crippen molar-refractivity contribution in [2.24, 2.45) is 0 Å². The Morgan fingerprint density at radius 1 is 1.30 bits per heavy atom. The number of aromatic nitrogens is 2. The van der Waals surface area contributed by atoms with Gasteiger partial charge in [0.15, 0.2) is 6.10 Å². The number of amides is 1. The number of benzene rings is 1. The third-order valence-corrected chi connectivity index (χ3v) is 3.71. The predicted molar refractivity (Wildman–Crippen MR) is 97.6 cm³/mol. The molecule has 0 bridgehead atoms. The zero-order valence-electron chi connectivity index (χ0n) is 15.7. The largest absolute Gasteiger partial charge is 0.451 e. The van der Waals surface area contributed by atoms with E-state index < -0.39 is 46.0 Å². The lowest BCUT2D eigenvalue weighted by Crippen LogP contribution is -2.35. The number of likely N-dealkylation sites (N-methyl/N-ethyl adjacent to an activating group) is 1. The zero-order valence-corrected chi connectivity index (χ0v) is 15.7. The molecule has 13 heteroatoms. The number of non-ortho nitro benzene ring substituents is 1. The second-order valence-corrected chi connectivity index (χ2v) is 6.01. The number of hydrogen-bond donors (Lipinski definition) is 1. The number of nitro groups is 1. The number of carbonyl (C=O) groups is 2. The van der Waals surface area contributed by atoms with Crippen LogP contribution in [0.25, 0.3) is 0 Å². The van der Waals surface area contributed by atoms with E-state index in [2.05, 4.69) is 9.97 Å². The molecule has 0 saturated heterocycles. The average molecular weight is 427 g/mol. The van der Waals surface area contributed by atoms with Gasteiger partial charge in [-0.1, -0.05) is 0 Å². The smallest absolute Gasteiger partial charge is 0.418 e. The molecule has 1 unspecified atom stereocenters.